The van der Waals surface area contributed by atoms with Gasteiger partial charge in [-0.05, 0) is 71.3 Å². The lowest BCUT2D eigenvalue weighted by Crippen LogP contribution is -2.45. The number of nitrogens with one attached hydrogen (secondary N) is 1. The maximum atomic E-state index is 13.1. The van der Waals surface area contributed by atoms with Gasteiger partial charge in [-0.25, -0.2) is 4.79 Å². The second-order valence-electron chi connectivity index (χ2n) is 10.1. The highest BCUT2D eigenvalue weighted by molar-refractivity contribution is 6.08. The molecule has 1 fully saturated rings. The van der Waals surface area contributed by atoms with E-state index < -0.39 is 11.7 Å². The number of nitrogens with zero attached hydrogens (tertiary/aromatic N) is 2. The number of carbonyl (C=O) groups is 2. The van der Waals surface area contributed by atoms with Crippen LogP contribution in [0.2, 0.25) is 0 Å². The van der Waals surface area contributed by atoms with E-state index in [4.69, 9.17) is 4.74 Å². The Hall–Kier alpha value is -4.63. The molecule has 1 saturated heterocycles. The van der Waals surface area contributed by atoms with Gasteiger partial charge in [-0.1, -0.05) is 42.5 Å². The third-order valence-electron chi connectivity index (χ3n) is 7.31. The van der Waals surface area contributed by atoms with Crippen LogP contribution >= 0.6 is 0 Å². The molecule has 6 nitrogen and oxygen atoms in total. The van der Waals surface area contributed by atoms with Crippen LogP contribution in [-0.4, -0.2) is 50.1 Å². The van der Waals surface area contributed by atoms with Gasteiger partial charge in [-0.15, -0.1) is 0 Å². The van der Waals surface area contributed by atoms with Gasteiger partial charge in [0.2, 0.25) is 0 Å². The van der Waals surface area contributed by atoms with Gasteiger partial charge in [0, 0.05) is 49.7 Å². The third-order valence-corrected chi connectivity index (χ3v) is 7.31. The number of piperazine rings is 1. The number of methoxy groups -OCH3 is 1. The maximum Gasteiger partial charge on any atom is 0.416 e. The molecule has 1 N–H and O–H groups in total. The first kappa shape index (κ1) is 28.9. The Morgan fingerprint density at radius 2 is 1.52 bits per heavy atom. The van der Waals surface area contributed by atoms with Crippen molar-refractivity contribution in [2.24, 2.45) is 0 Å². The number of carbonyl (C=O) groups excluding carboxylic acids is 2. The third kappa shape index (κ3) is 6.80. The fourth-order valence-electron chi connectivity index (χ4n) is 5.06. The molecule has 5 rings (SSSR count). The lowest BCUT2D eigenvalue weighted by atomic mass is 9.98. The highest BCUT2D eigenvalue weighted by atomic mass is 19.4. The minimum atomic E-state index is -4.42. The molecule has 0 unspecified atom stereocenters. The van der Waals surface area contributed by atoms with Gasteiger partial charge in [-0.2, -0.15) is 13.2 Å². The predicted molar refractivity (Wildman–Crippen MR) is 157 cm³/mol. The van der Waals surface area contributed by atoms with Crippen molar-refractivity contribution in [3.05, 3.63) is 119 Å². The van der Waals surface area contributed by atoms with Crippen LogP contribution in [0.1, 0.15) is 31.8 Å². The van der Waals surface area contributed by atoms with Crippen LogP contribution in [0.3, 0.4) is 0 Å². The Morgan fingerprint density at radius 1 is 0.833 bits per heavy atom. The van der Waals surface area contributed by atoms with E-state index in [0.717, 1.165) is 56.1 Å². The molecule has 4 aromatic rings. The molecule has 9 heteroatoms. The first-order valence-corrected chi connectivity index (χ1v) is 13.5. The van der Waals surface area contributed by atoms with Gasteiger partial charge >= 0.3 is 12.1 Å². The Kier molecular flexibility index (Phi) is 8.59. The highest BCUT2D eigenvalue weighted by Gasteiger charge is 2.30. The van der Waals surface area contributed by atoms with Crippen LogP contribution in [0.4, 0.5) is 24.5 Å². The number of benzene rings is 4. The number of ether oxygens (including phenoxy) is 1. The zero-order valence-electron chi connectivity index (χ0n) is 23.0. The molecule has 42 heavy (non-hydrogen) atoms. The molecule has 0 radical (unpaired) electrons. The van der Waals surface area contributed by atoms with E-state index in [1.54, 1.807) is 30.3 Å². The van der Waals surface area contributed by atoms with Crippen molar-refractivity contribution in [2.75, 3.05) is 43.5 Å². The first-order valence-electron chi connectivity index (χ1n) is 13.5. The number of esters is 1. The molecule has 1 heterocycles. The number of amides is 1. The van der Waals surface area contributed by atoms with Crippen molar-refractivity contribution in [1.29, 1.82) is 0 Å². The maximum absolute atomic E-state index is 13.1. The monoisotopic (exact) mass is 573 g/mol. The quantitative estimate of drug-likeness (QED) is 0.248. The number of rotatable bonds is 7. The summed E-state index contributed by atoms with van der Waals surface area (Å²) in [6.07, 6.45) is -4.42. The van der Waals surface area contributed by atoms with Crippen molar-refractivity contribution in [2.45, 2.75) is 12.7 Å². The Morgan fingerprint density at radius 3 is 2.19 bits per heavy atom. The van der Waals surface area contributed by atoms with Crippen molar-refractivity contribution in [3.8, 4) is 11.1 Å². The van der Waals surface area contributed by atoms with Crippen molar-refractivity contribution >= 4 is 23.3 Å². The molecule has 0 saturated carbocycles. The highest BCUT2D eigenvalue weighted by Crippen LogP contribution is 2.32. The summed E-state index contributed by atoms with van der Waals surface area (Å²) in [4.78, 5) is 29.6. The van der Waals surface area contributed by atoms with Gasteiger partial charge < -0.3 is 15.0 Å². The van der Waals surface area contributed by atoms with E-state index in [9.17, 15) is 22.8 Å². The van der Waals surface area contributed by atoms with E-state index in [2.05, 4.69) is 15.1 Å². The average Bonchev–Trinajstić information content (AvgIpc) is 3.01. The normalized spacial score (nSPS) is 14.0. The standard InChI is InChI=1S/C33H30F3N3O3/c1-42-32(41)25-6-4-5-23(21-25)22-38-17-19-39(20-18-38)28-15-13-27(14-16-28)37-31(40)30-8-3-2-7-29(30)24-9-11-26(12-10-24)33(34,35)36/h2-16,21H,17-20,22H2,1H3,(H,37,40). The molecular formula is C33H30F3N3O3. The van der Waals surface area contributed by atoms with Crippen LogP contribution in [0.25, 0.3) is 11.1 Å². The van der Waals surface area contributed by atoms with E-state index in [-0.39, 0.29) is 11.9 Å². The predicted octanol–water partition coefficient (Wildman–Crippen LogP) is 6.73. The van der Waals surface area contributed by atoms with Crippen LogP contribution in [0.5, 0.6) is 0 Å². The molecule has 216 valence electrons. The Bertz CT molecular complexity index is 1550. The molecule has 0 bridgehead atoms. The van der Waals surface area contributed by atoms with E-state index in [0.29, 0.717) is 27.9 Å². The molecule has 1 aliphatic heterocycles. The van der Waals surface area contributed by atoms with E-state index >= 15 is 0 Å². The number of anilines is 2. The smallest absolute Gasteiger partial charge is 0.416 e. The SMILES string of the molecule is COC(=O)c1cccc(CN2CCN(c3ccc(NC(=O)c4ccccc4-c4ccc(C(F)(F)F)cc4)cc3)CC2)c1. The van der Waals surface area contributed by atoms with Gasteiger partial charge in [0.05, 0.1) is 18.2 Å². The van der Waals surface area contributed by atoms with Gasteiger partial charge in [0.25, 0.3) is 5.91 Å². The van der Waals surface area contributed by atoms with Crippen LogP contribution in [0, 0.1) is 0 Å². The molecule has 4 aromatic carbocycles. The lowest BCUT2D eigenvalue weighted by Gasteiger charge is -2.36. The molecule has 1 aliphatic rings. The molecule has 1 amide bonds. The van der Waals surface area contributed by atoms with Gasteiger partial charge in [0.15, 0.2) is 0 Å². The van der Waals surface area contributed by atoms with Gasteiger partial charge in [-0.3, -0.25) is 9.69 Å². The Labute approximate surface area is 242 Å². The minimum Gasteiger partial charge on any atom is -0.465 e. The Balaban J connectivity index is 1.18. The average molecular weight is 574 g/mol. The van der Waals surface area contributed by atoms with Gasteiger partial charge in [0.1, 0.15) is 0 Å². The van der Waals surface area contributed by atoms with Crippen molar-refractivity contribution in [3.63, 3.8) is 0 Å². The summed E-state index contributed by atoms with van der Waals surface area (Å²) in [5.74, 6) is -0.687. The molecule has 0 aliphatic carbocycles. The van der Waals surface area contributed by atoms with Crippen molar-refractivity contribution in [1.82, 2.24) is 4.90 Å². The zero-order chi connectivity index (χ0) is 29.7. The summed E-state index contributed by atoms with van der Waals surface area (Å²) in [6, 6.07) is 26.7. The summed E-state index contributed by atoms with van der Waals surface area (Å²) in [5, 5.41) is 2.91. The fourth-order valence-corrected chi connectivity index (χ4v) is 5.06. The number of hydrogen-bond donors (Lipinski definition) is 1. The number of hydrogen-bond acceptors (Lipinski definition) is 5. The molecular weight excluding hydrogens is 543 g/mol. The fraction of sp³-hybridized carbons (Fsp3) is 0.212. The molecule has 0 aromatic heterocycles. The lowest BCUT2D eigenvalue weighted by molar-refractivity contribution is -0.137. The van der Waals surface area contributed by atoms with Crippen molar-refractivity contribution < 1.29 is 27.5 Å². The summed E-state index contributed by atoms with van der Waals surface area (Å²) in [6.45, 7) is 4.15. The molecule has 0 spiro atoms. The summed E-state index contributed by atoms with van der Waals surface area (Å²) in [5.41, 5.74) is 3.99. The van der Waals surface area contributed by atoms with Crippen LogP contribution in [-0.2, 0) is 17.5 Å². The zero-order valence-corrected chi connectivity index (χ0v) is 23.0. The van der Waals surface area contributed by atoms with E-state index in [1.807, 2.05) is 42.5 Å². The van der Waals surface area contributed by atoms with E-state index in [1.165, 1.54) is 19.2 Å². The summed E-state index contributed by atoms with van der Waals surface area (Å²) < 4.78 is 43.8. The number of alkyl halides is 3. The minimum absolute atomic E-state index is 0.343. The van der Waals surface area contributed by atoms with Crippen LogP contribution < -0.4 is 10.2 Å². The number of halogens is 3. The largest absolute Gasteiger partial charge is 0.465 e. The van der Waals surface area contributed by atoms with Crippen LogP contribution in [0.15, 0.2) is 97.1 Å². The summed E-state index contributed by atoms with van der Waals surface area (Å²) in [7, 11) is 1.38. The topological polar surface area (TPSA) is 61.9 Å². The second-order valence-corrected chi connectivity index (χ2v) is 10.1. The molecule has 0 atom stereocenters. The second kappa shape index (κ2) is 12.5. The first-order chi connectivity index (χ1) is 20.2. The summed E-state index contributed by atoms with van der Waals surface area (Å²) >= 11 is 0.